The summed E-state index contributed by atoms with van der Waals surface area (Å²) >= 11 is 0. The average Bonchev–Trinajstić information content (AvgIpc) is 2.77. The zero-order valence-electron chi connectivity index (χ0n) is 11.6. The van der Waals surface area contributed by atoms with Gasteiger partial charge >= 0.3 is 0 Å². The van der Waals surface area contributed by atoms with Gasteiger partial charge in [-0.1, -0.05) is 17.7 Å². The smallest absolute Gasteiger partial charge is 0.117 e. The molecule has 1 atom stereocenters. The molecule has 0 aliphatic rings. The minimum absolute atomic E-state index is 0.329. The monoisotopic (exact) mass is 243 g/mol. The fraction of sp³-hybridized carbons (Fsp3) is 0.375. The molecule has 18 heavy (non-hydrogen) atoms. The molecule has 1 aromatic heterocycles. The molecule has 0 saturated carbocycles. The quantitative estimate of drug-likeness (QED) is 0.876. The third-order valence-corrected chi connectivity index (χ3v) is 3.33. The van der Waals surface area contributed by atoms with Crippen LogP contribution in [0.4, 0.5) is 0 Å². The van der Waals surface area contributed by atoms with Crippen LogP contribution in [0.2, 0.25) is 0 Å². The number of furan rings is 1. The van der Waals surface area contributed by atoms with E-state index in [-0.39, 0.29) is 0 Å². The summed E-state index contributed by atoms with van der Waals surface area (Å²) in [6.45, 7) is 9.47. The molecule has 96 valence electrons. The van der Waals surface area contributed by atoms with E-state index in [0.717, 1.165) is 12.3 Å². The fourth-order valence-corrected chi connectivity index (χ4v) is 2.64. The van der Waals surface area contributed by atoms with Gasteiger partial charge in [-0.25, -0.2) is 0 Å². The summed E-state index contributed by atoms with van der Waals surface area (Å²) in [6, 6.07) is 8.73. The first kappa shape index (κ1) is 12.9. The Bertz CT molecular complexity index is 491. The molecule has 0 radical (unpaired) electrons. The predicted molar refractivity (Wildman–Crippen MR) is 74.6 cm³/mol. The summed E-state index contributed by atoms with van der Waals surface area (Å²) in [5.41, 5.74) is 5.43. The van der Waals surface area contributed by atoms with E-state index in [9.17, 15) is 0 Å². The fourth-order valence-electron chi connectivity index (χ4n) is 2.64. The molecule has 2 nitrogen and oxygen atoms in total. The second-order valence-corrected chi connectivity index (χ2v) is 4.99. The van der Waals surface area contributed by atoms with E-state index in [1.165, 1.54) is 22.3 Å². The summed E-state index contributed by atoms with van der Waals surface area (Å²) < 4.78 is 5.34. The lowest BCUT2D eigenvalue weighted by molar-refractivity contribution is 0.459. The molecule has 0 amide bonds. The Balaban J connectivity index is 2.11. The molecule has 1 unspecified atom stereocenters. The Labute approximate surface area is 109 Å². The van der Waals surface area contributed by atoms with Gasteiger partial charge in [-0.3, -0.25) is 0 Å². The lowest BCUT2D eigenvalue weighted by Crippen LogP contribution is -2.19. The van der Waals surface area contributed by atoms with Crippen LogP contribution in [0.1, 0.15) is 41.0 Å². The highest BCUT2D eigenvalue weighted by Crippen LogP contribution is 2.23. The Hall–Kier alpha value is -1.54. The summed E-state index contributed by atoms with van der Waals surface area (Å²) in [6.07, 6.45) is 1.71. The van der Waals surface area contributed by atoms with Crippen LogP contribution in [0.15, 0.2) is 34.9 Å². The maximum absolute atomic E-state index is 5.34. The van der Waals surface area contributed by atoms with Crippen LogP contribution in [0, 0.1) is 20.8 Å². The summed E-state index contributed by atoms with van der Waals surface area (Å²) in [5.74, 6) is 0.976. The average molecular weight is 243 g/mol. The second kappa shape index (κ2) is 5.40. The van der Waals surface area contributed by atoms with E-state index >= 15 is 0 Å². The van der Waals surface area contributed by atoms with Crippen molar-refractivity contribution in [1.29, 1.82) is 0 Å². The molecule has 1 N–H and O–H groups in total. The van der Waals surface area contributed by atoms with Crippen molar-refractivity contribution < 1.29 is 4.42 Å². The van der Waals surface area contributed by atoms with Gasteiger partial charge in [0.2, 0.25) is 0 Å². The minimum Gasteiger partial charge on any atom is -0.468 e. The van der Waals surface area contributed by atoms with Crippen molar-refractivity contribution in [2.45, 2.75) is 40.3 Å². The number of hydrogen-bond acceptors (Lipinski definition) is 2. The molecule has 0 spiro atoms. The third kappa shape index (κ3) is 2.82. The van der Waals surface area contributed by atoms with E-state index in [1.807, 2.05) is 12.1 Å². The lowest BCUT2D eigenvalue weighted by Gasteiger charge is -2.19. The van der Waals surface area contributed by atoms with Gasteiger partial charge < -0.3 is 9.73 Å². The van der Waals surface area contributed by atoms with Crippen molar-refractivity contribution in [3.05, 3.63) is 58.5 Å². The number of rotatable bonds is 4. The van der Waals surface area contributed by atoms with Crippen LogP contribution in [0.25, 0.3) is 0 Å². The SMILES string of the molecule is Cc1cc(C)c(C(C)NCc2ccco2)c(C)c1. The number of aryl methyl sites for hydroxylation is 3. The van der Waals surface area contributed by atoms with Crippen LogP contribution < -0.4 is 5.32 Å². The molecule has 1 heterocycles. The summed E-state index contributed by atoms with van der Waals surface area (Å²) in [7, 11) is 0. The van der Waals surface area contributed by atoms with Gasteiger partial charge in [-0.15, -0.1) is 0 Å². The zero-order chi connectivity index (χ0) is 13.1. The molecule has 2 rings (SSSR count). The topological polar surface area (TPSA) is 25.2 Å². The van der Waals surface area contributed by atoms with Crippen LogP contribution in [-0.4, -0.2) is 0 Å². The summed E-state index contributed by atoms with van der Waals surface area (Å²) in [5, 5.41) is 3.51. The number of hydrogen-bond donors (Lipinski definition) is 1. The highest BCUT2D eigenvalue weighted by Gasteiger charge is 2.11. The molecule has 1 aromatic carbocycles. The van der Waals surface area contributed by atoms with Crippen molar-refractivity contribution in [1.82, 2.24) is 5.32 Å². The molecule has 0 fully saturated rings. The van der Waals surface area contributed by atoms with E-state index in [2.05, 4.69) is 45.1 Å². The van der Waals surface area contributed by atoms with Gasteiger partial charge in [0.15, 0.2) is 0 Å². The molecule has 2 aromatic rings. The van der Waals surface area contributed by atoms with E-state index < -0.39 is 0 Å². The Morgan fingerprint density at radius 1 is 1.17 bits per heavy atom. The van der Waals surface area contributed by atoms with Crippen molar-refractivity contribution in [2.75, 3.05) is 0 Å². The van der Waals surface area contributed by atoms with Crippen LogP contribution in [0.3, 0.4) is 0 Å². The first-order valence-corrected chi connectivity index (χ1v) is 6.41. The van der Waals surface area contributed by atoms with Crippen molar-refractivity contribution in [2.24, 2.45) is 0 Å². The van der Waals surface area contributed by atoms with Gasteiger partial charge in [-0.05, 0) is 56.5 Å². The second-order valence-electron chi connectivity index (χ2n) is 4.99. The largest absolute Gasteiger partial charge is 0.468 e. The minimum atomic E-state index is 0.329. The van der Waals surface area contributed by atoms with Gasteiger partial charge in [-0.2, -0.15) is 0 Å². The molecular formula is C16H21NO. The predicted octanol–water partition coefficient (Wildman–Crippen LogP) is 4.06. The zero-order valence-corrected chi connectivity index (χ0v) is 11.6. The maximum atomic E-state index is 5.34. The van der Waals surface area contributed by atoms with Gasteiger partial charge in [0.1, 0.15) is 5.76 Å². The molecule has 0 saturated heterocycles. The number of nitrogens with one attached hydrogen (secondary N) is 1. The van der Waals surface area contributed by atoms with E-state index in [0.29, 0.717) is 6.04 Å². The molecule has 0 aliphatic carbocycles. The molecule has 2 heteroatoms. The maximum Gasteiger partial charge on any atom is 0.117 e. The molecule has 0 aliphatic heterocycles. The first-order chi connectivity index (χ1) is 8.58. The summed E-state index contributed by atoms with van der Waals surface area (Å²) in [4.78, 5) is 0. The van der Waals surface area contributed by atoms with Crippen LogP contribution >= 0.6 is 0 Å². The van der Waals surface area contributed by atoms with Crippen molar-refractivity contribution in [3.8, 4) is 0 Å². The van der Waals surface area contributed by atoms with Gasteiger partial charge in [0.25, 0.3) is 0 Å². The van der Waals surface area contributed by atoms with E-state index in [1.54, 1.807) is 6.26 Å². The van der Waals surface area contributed by atoms with Gasteiger partial charge in [0.05, 0.1) is 12.8 Å². The number of benzene rings is 1. The normalized spacial score (nSPS) is 12.7. The van der Waals surface area contributed by atoms with Crippen molar-refractivity contribution >= 4 is 0 Å². The Kier molecular flexibility index (Phi) is 3.87. The standard InChI is InChI=1S/C16H21NO/c1-11-8-12(2)16(13(3)9-11)14(4)17-10-15-6-5-7-18-15/h5-9,14,17H,10H2,1-4H3. The van der Waals surface area contributed by atoms with Crippen LogP contribution in [-0.2, 0) is 6.54 Å². The van der Waals surface area contributed by atoms with Crippen molar-refractivity contribution in [3.63, 3.8) is 0 Å². The molecular weight excluding hydrogens is 222 g/mol. The Morgan fingerprint density at radius 2 is 1.83 bits per heavy atom. The molecule has 0 bridgehead atoms. The highest BCUT2D eigenvalue weighted by atomic mass is 16.3. The Morgan fingerprint density at radius 3 is 2.39 bits per heavy atom. The van der Waals surface area contributed by atoms with Gasteiger partial charge in [0, 0.05) is 6.04 Å². The first-order valence-electron chi connectivity index (χ1n) is 6.41. The van der Waals surface area contributed by atoms with Crippen LogP contribution in [0.5, 0.6) is 0 Å². The van der Waals surface area contributed by atoms with E-state index in [4.69, 9.17) is 4.42 Å². The lowest BCUT2D eigenvalue weighted by atomic mass is 9.95. The third-order valence-electron chi connectivity index (χ3n) is 3.33. The highest BCUT2D eigenvalue weighted by molar-refractivity contribution is 5.39.